The van der Waals surface area contributed by atoms with Crippen LogP contribution in [0.5, 0.6) is 5.75 Å². The molecule has 3 aromatic rings. The monoisotopic (exact) mass is 443 g/mol. The first-order chi connectivity index (χ1) is 14.6. The Labute approximate surface area is 181 Å². The number of carbonyl (C=O) groups is 3. The number of ketones is 2. The summed E-state index contributed by atoms with van der Waals surface area (Å²) in [5, 5.41) is 15.3. The fraction of sp³-hybridized carbons (Fsp3) is 0.190. The molecule has 0 bridgehead atoms. The average molecular weight is 444 g/mol. The zero-order valence-electron chi connectivity index (χ0n) is 16.9. The first kappa shape index (κ1) is 22.0. The molecule has 10 heteroatoms. The Morgan fingerprint density at radius 3 is 2.58 bits per heavy atom. The van der Waals surface area contributed by atoms with Gasteiger partial charge in [0.15, 0.2) is 0 Å². The van der Waals surface area contributed by atoms with Crippen LogP contribution in [0.3, 0.4) is 0 Å². The van der Waals surface area contributed by atoms with Gasteiger partial charge in [-0.2, -0.15) is 0 Å². The highest BCUT2D eigenvalue weighted by molar-refractivity contribution is 6.44. The maximum Gasteiger partial charge on any atom is 0.325 e. The molecule has 0 aliphatic carbocycles. The predicted molar refractivity (Wildman–Crippen MR) is 114 cm³/mol. The van der Waals surface area contributed by atoms with Crippen LogP contribution >= 0.6 is 11.6 Å². The van der Waals surface area contributed by atoms with E-state index in [1.807, 2.05) is 0 Å². The van der Waals surface area contributed by atoms with Gasteiger partial charge >= 0.3 is 5.69 Å². The number of hydrogen-bond acceptors (Lipinski definition) is 6. The Kier molecular flexibility index (Phi) is 6.07. The number of nitrogens with one attached hydrogen (secondary N) is 1. The van der Waals surface area contributed by atoms with E-state index in [0.717, 1.165) is 0 Å². The molecule has 0 spiro atoms. The molecule has 0 saturated carbocycles. The first-order valence-electron chi connectivity index (χ1n) is 9.11. The van der Waals surface area contributed by atoms with Gasteiger partial charge in [-0.05, 0) is 43.7 Å². The van der Waals surface area contributed by atoms with Crippen LogP contribution in [0, 0.1) is 24.0 Å². The van der Waals surface area contributed by atoms with Crippen molar-refractivity contribution in [3.8, 4) is 5.75 Å². The molecule has 0 aliphatic rings. The molecular weight excluding hydrogens is 426 g/mol. The summed E-state index contributed by atoms with van der Waals surface area (Å²) < 4.78 is 5.75. The fourth-order valence-electron chi connectivity index (χ4n) is 3.07. The minimum atomic E-state index is -1.06. The van der Waals surface area contributed by atoms with E-state index >= 15 is 0 Å². The molecule has 3 rings (SSSR count). The number of benzene rings is 2. The van der Waals surface area contributed by atoms with E-state index < -0.39 is 29.6 Å². The minimum Gasteiger partial charge on any atom is -0.805 e. The summed E-state index contributed by atoms with van der Waals surface area (Å²) in [6.07, 6.45) is -0.885. The Morgan fingerprint density at radius 1 is 1.19 bits per heavy atom. The van der Waals surface area contributed by atoms with Gasteiger partial charge in [0.25, 0.3) is 11.4 Å². The molecule has 1 heterocycles. The van der Waals surface area contributed by atoms with Crippen molar-refractivity contribution >= 4 is 45.8 Å². The molecule has 1 aromatic heterocycles. The van der Waals surface area contributed by atoms with Crippen LogP contribution in [-0.2, 0) is 9.59 Å². The van der Waals surface area contributed by atoms with Crippen LogP contribution in [0.1, 0.15) is 28.2 Å². The van der Waals surface area contributed by atoms with Crippen molar-refractivity contribution in [2.45, 2.75) is 20.3 Å². The molecule has 31 heavy (non-hydrogen) atoms. The molecule has 160 valence electrons. The number of methoxy groups -OCH3 is 1. The highest BCUT2D eigenvalue weighted by Crippen LogP contribution is 2.23. The summed E-state index contributed by atoms with van der Waals surface area (Å²) >= 11 is 5.99. The third kappa shape index (κ3) is 4.13. The topological polar surface area (TPSA) is 123 Å². The number of Topliss-reactive ketones (excluding diaryl/α,β-unsaturated/α-hetero) is 2. The van der Waals surface area contributed by atoms with Crippen LogP contribution in [0.15, 0.2) is 36.4 Å². The second-order valence-corrected chi connectivity index (χ2v) is 7.17. The van der Waals surface area contributed by atoms with E-state index in [2.05, 4.69) is 5.32 Å². The van der Waals surface area contributed by atoms with Crippen LogP contribution in [0.25, 0.3) is 11.0 Å². The van der Waals surface area contributed by atoms with Gasteiger partial charge in [0.1, 0.15) is 11.3 Å². The van der Waals surface area contributed by atoms with Crippen molar-refractivity contribution in [1.29, 1.82) is 0 Å². The minimum absolute atomic E-state index is 0.0327. The molecule has 0 saturated heterocycles. The molecule has 1 N–H and O–H groups in total. The van der Waals surface area contributed by atoms with Crippen molar-refractivity contribution in [2.75, 3.05) is 12.4 Å². The Balaban J connectivity index is 1.90. The Hall–Kier alpha value is -3.72. The largest absolute Gasteiger partial charge is 0.805 e. The molecule has 0 radical (unpaired) electrons. The van der Waals surface area contributed by atoms with Crippen LogP contribution in [-0.4, -0.2) is 29.3 Å². The molecule has 0 aliphatic heterocycles. The number of aromatic nitrogens is 2. The summed E-state index contributed by atoms with van der Waals surface area (Å²) in [6.45, 7) is 2.95. The quantitative estimate of drug-likeness (QED) is 0.270. The molecule has 0 fully saturated rings. The summed E-state index contributed by atoms with van der Waals surface area (Å²) in [5.74, 6) is -2.74. The molecular formula is C21H18ClN3O6. The highest BCUT2D eigenvalue weighted by Gasteiger charge is 2.30. The smallest absolute Gasteiger partial charge is 0.325 e. The molecule has 0 atom stereocenters. The molecule has 9 nitrogen and oxygen atoms in total. The number of halogens is 1. The summed E-state index contributed by atoms with van der Waals surface area (Å²) in [5.41, 5.74) is 0.108. The number of hydrogen-bond donors (Lipinski definition) is 1. The van der Waals surface area contributed by atoms with Gasteiger partial charge in [-0.25, -0.2) is 0 Å². The van der Waals surface area contributed by atoms with E-state index in [9.17, 15) is 24.5 Å². The molecule has 1 amide bonds. The fourth-order valence-corrected chi connectivity index (χ4v) is 3.24. The van der Waals surface area contributed by atoms with Gasteiger partial charge in [0.2, 0.25) is 11.6 Å². The van der Waals surface area contributed by atoms with E-state index in [0.29, 0.717) is 26.8 Å². The third-order valence-corrected chi connectivity index (χ3v) is 5.23. The van der Waals surface area contributed by atoms with Crippen molar-refractivity contribution in [3.05, 3.63) is 68.5 Å². The SMILES string of the molecule is COc1ccc2c(c1)[n+](=O)c(C(=O)CC(=O)C(=O)Nc1cccc(Cl)c1C)c(C)n2[O-]. The van der Waals surface area contributed by atoms with E-state index in [1.54, 1.807) is 25.1 Å². The number of ether oxygens (including phenoxy) is 1. The zero-order chi connectivity index (χ0) is 22.9. The van der Waals surface area contributed by atoms with Crippen molar-refractivity contribution in [3.63, 3.8) is 0 Å². The first-order valence-corrected chi connectivity index (χ1v) is 9.49. The van der Waals surface area contributed by atoms with Crippen LogP contribution in [0.4, 0.5) is 5.69 Å². The van der Waals surface area contributed by atoms with E-state index in [1.165, 1.54) is 32.2 Å². The number of anilines is 1. The van der Waals surface area contributed by atoms with Crippen LogP contribution < -0.4 is 14.5 Å². The zero-order valence-corrected chi connectivity index (χ0v) is 17.6. The maximum absolute atomic E-state index is 12.8. The number of carbonyl (C=O) groups excluding carboxylic acids is 3. The summed E-state index contributed by atoms with van der Waals surface area (Å²) in [6, 6.07) is 8.98. The second-order valence-electron chi connectivity index (χ2n) is 6.77. The lowest BCUT2D eigenvalue weighted by Gasteiger charge is -2.16. The standard InChI is InChI=1S/C21H18ClN3O6/c1-11-14(22)5-4-6-15(11)23-21(28)19(27)10-18(26)20-12(2)24(29)16-8-7-13(31-3)9-17(16)25(20)30/h4-9H,10H2,1-3H3,(H,23,28). The summed E-state index contributed by atoms with van der Waals surface area (Å²) in [7, 11) is 1.39. The van der Waals surface area contributed by atoms with Gasteiger partial charge in [0, 0.05) is 15.6 Å². The van der Waals surface area contributed by atoms with Crippen molar-refractivity contribution < 1.29 is 23.5 Å². The lowest BCUT2D eigenvalue weighted by atomic mass is 10.1. The third-order valence-electron chi connectivity index (χ3n) is 4.82. The van der Waals surface area contributed by atoms with Gasteiger partial charge < -0.3 is 20.0 Å². The van der Waals surface area contributed by atoms with E-state index in [4.69, 9.17) is 16.3 Å². The number of fused-ring (bicyclic) bond motifs is 1. The summed E-state index contributed by atoms with van der Waals surface area (Å²) in [4.78, 5) is 50.1. The van der Waals surface area contributed by atoms with Gasteiger partial charge in [0.05, 0.1) is 29.7 Å². The second kappa shape index (κ2) is 8.57. The Morgan fingerprint density at radius 2 is 1.90 bits per heavy atom. The van der Waals surface area contributed by atoms with E-state index in [-0.39, 0.29) is 21.2 Å². The lowest BCUT2D eigenvalue weighted by Crippen LogP contribution is -2.33. The number of nitrogens with zero attached hydrogens (tertiary/aromatic N) is 2. The molecule has 2 aromatic carbocycles. The van der Waals surface area contributed by atoms with Crippen LogP contribution in [0.2, 0.25) is 5.02 Å². The predicted octanol–water partition coefficient (Wildman–Crippen LogP) is 2.96. The molecule has 0 unspecified atom stereocenters. The van der Waals surface area contributed by atoms with Crippen molar-refractivity contribution in [2.24, 2.45) is 0 Å². The Bertz CT molecular complexity index is 1300. The normalized spacial score (nSPS) is 10.7. The van der Waals surface area contributed by atoms with Gasteiger partial charge in [-0.15, -0.1) is 0 Å². The average Bonchev–Trinajstić information content (AvgIpc) is 2.75. The number of amides is 1. The van der Waals surface area contributed by atoms with Gasteiger partial charge in [-0.1, -0.05) is 17.7 Å². The van der Waals surface area contributed by atoms with Crippen molar-refractivity contribution in [1.82, 2.24) is 4.73 Å². The lowest BCUT2D eigenvalue weighted by molar-refractivity contribution is -0.468. The maximum atomic E-state index is 12.8. The highest BCUT2D eigenvalue weighted by atomic mass is 35.5. The van der Waals surface area contributed by atoms with Gasteiger partial charge in [-0.3, -0.25) is 14.4 Å². The number of rotatable bonds is 6.